The van der Waals surface area contributed by atoms with Crippen molar-refractivity contribution in [1.29, 1.82) is 0 Å². The first-order valence-electron chi connectivity index (χ1n) is 6.98. The molecule has 0 bridgehead atoms. The molecule has 1 heterocycles. The Morgan fingerprint density at radius 1 is 1.30 bits per heavy atom. The number of benzene rings is 1. The number of amides is 1. The molecule has 0 N–H and O–H groups in total. The van der Waals surface area contributed by atoms with Gasteiger partial charge in [-0.2, -0.15) is 0 Å². The molecule has 1 amide bonds. The van der Waals surface area contributed by atoms with Gasteiger partial charge < -0.3 is 4.74 Å². The highest BCUT2D eigenvalue weighted by Crippen LogP contribution is 2.30. The van der Waals surface area contributed by atoms with Crippen molar-refractivity contribution in [3.05, 3.63) is 29.3 Å². The monoisotopic (exact) mass is 275 g/mol. The van der Waals surface area contributed by atoms with Crippen molar-refractivity contribution in [2.75, 3.05) is 11.4 Å². The lowest BCUT2D eigenvalue weighted by Gasteiger charge is -2.24. The SMILES string of the molecule is CCC(=O)c1ccc2c(c1)CCN2C(=O)OC(C)(C)C. The fourth-order valence-electron chi connectivity index (χ4n) is 2.29. The van der Waals surface area contributed by atoms with E-state index in [1.165, 1.54) is 0 Å². The molecule has 0 unspecified atom stereocenters. The van der Waals surface area contributed by atoms with Gasteiger partial charge in [0.25, 0.3) is 0 Å². The maximum atomic E-state index is 12.1. The highest BCUT2D eigenvalue weighted by Gasteiger charge is 2.29. The van der Waals surface area contributed by atoms with Crippen molar-refractivity contribution in [2.45, 2.75) is 46.1 Å². The van der Waals surface area contributed by atoms with E-state index >= 15 is 0 Å². The lowest BCUT2D eigenvalue weighted by atomic mass is 10.0. The number of hydrogen-bond donors (Lipinski definition) is 0. The quantitative estimate of drug-likeness (QED) is 0.775. The second kappa shape index (κ2) is 5.27. The molecule has 0 atom stereocenters. The summed E-state index contributed by atoms with van der Waals surface area (Å²) < 4.78 is 5.40. The van der Waals surface area contributed by atoms with Crippen molar-refractivity contribution >= 4 is 17.6 Å². The molecule has 1 aromatic carbocycles. The van der Waals surface area contributed by atoms with Crippen LogP contribution in [0.15, 0.2) is 18.2 Å². The van der Waals surface area contributed by atoms with Crippen LogP contribution in [0.5, 0.6) is 0 Å². The molecule has 0 aliphatic carbocycles. The molecule has 0 spiro atoms. The Bertz CT molecular complexity index is 543. The van der Waals surface area contributed by atoms with Gasteiger partial charge in [0.05, 0.1) is 5.69 Å². The topological polar surface area (TPSA) is 46.6 Å². The molecule has 1 aliphatic rings. The number of ketones is 1. The van der Waals surface area contributed by atoms with E-state index in [1.54, 1.807) is 11.0 Å². The van der Waals surface area contributed by atoms with Gasteiger partial charge in [0.1, 0.15) is 5.60 Å². The summed E-state index contributed by atoms with van der Waals surface area (Å²) in [4.78, 5) is 25.5. The second-order valence-corrected chi connectivity index (χ2v) is 6.00. The Kier molecular flexibility index (Phi) is 3.84. The standard InChI is InChI=1S/C16H21NO3/c1-5-14(18)12-6-7-13-11(10-12)8-9-17(13)15(19)20-16(2,3)4/h6-7,10H,5,8-9H2,1-4H3. The molecule has 4 heteroatoms. The van der Waals surface area contributed by atoms with Crippen molar-refractivity contribution in [3.8, 4) is 0 Å². The minimum absolute atomic E-state index is 0.128. The predicted molar refractivity (Wildman–Crippen MR) is 78.3 cm³/mol. The van der Waals surface area contributed by atoms with Gasteiger partial charge in [0.15, 0.2) is 5.78 Å². The average Bonchev–Trinajstić information content (AvgIpc) is 2.78. The first kappa shape index (κ1) is 14.6. The molecular formula is C16H21NO3. The predicted octanol–water partition coefficient (Wildman–Crippen LogP) is 3.58. The van der Waals surface area contributed by atoms with Crippen LogP contribution in [-0.4, -0.2) is 24.0 Å². The smallest absolute Gasteiger partial charge is 0.414 e. The van der Waals surface area contributed by atoms with Crippen LogP contribution in [0, 0.1) is 0 Å². The summed E-state index contributed by atoms with van der Waals surface area (Å²) in [6, 6.07) is 5.52. The Morgan fingerprint density at radius 2 is 2.00 bits per heavy atom. The van der Waals surface area contributed by atoms with Gasteiger partial charge >= 0.3 is 6.09 Å². The maximum Gasteiger partial charge on any atom is 0.414 e. The normalized spacial score (nSPS) is 14.1. The van der Waals surface area contributed by atoms with Crippen molar-refractivity contribution in [3.63, 3.8) is 0 Å². The summed E-state index contributed by atoms with van der Waals surface area (Å²) in [7, 11) is 0. The van der Waals surface area contributed by atoms with E-state index in [9.17, 15) is 9.59 Å². The third kappa shape index (κ3) is 3.00. The molecule has 0 saturated heterocycles. The molecule has 0 aromatic heterocycles. The van der Waals surface area contributed by atoms with E-state index in [1.807, 2.05) is 39.8 Å². The molecule has 0 radical (unpaired) electrons. The number of carbonyl (C=O) groups excluding carboxylic acids is 2. The molecule has 108 valence electrons. The van der Waals surface area contributed by atoms with E-state index in [0.717, 1.165) is 23.2 Å². The first-order chi connectivity index (χ1) is 9.31. The van der Waals surface area contributed by atoms with Crippen molar-refractivity contribution < 1.29 is 14.3 Å². The van der Waals surface area contributed by atoms with E-state index in [-0.39, 0.29) is 11.9 Å². The molecule has 0 fully saturated rings. The van der Waals surface area contributed by atoms with Crippen LogP contribution in [0.2, 0.25) is 0 Å². The summed E-state index contributed by atoms with van der Waals surface area (Å²) in [5.41, 5.74) is 2.11. The van der Waals surface area contributed by atoms with Gasteiger partial charge in [-0.25, -0.2) is 4.79 Å². The summed E-state index contributed by atoms with van der Waals surface area (Å²) >= 11 is 0. The van der Waals surface area contributed by atoms with Crippen molar-refractivity contribution in [2.24, 2.45) is 0 Å². The summed E-state index contributed by atoms with van der Waals surface area (Å²) in [6.45, 7) is 8.01. The maximum absolute atomic E-state index is 12.1. The van der Waals surface area contributed by atoms with Gasteiger partial charge in [-0.05, 0) is 51.0 Å². The van der Waals surface area contributed by atoms with Gasteiger partial charge in [-0.15, -0.1) is 0 Å². The lowest BCUT2D eigenvalue weighted by Crippen LogP contribution is -2.35. The fraction of sp³-hybridized carbons (Fsp3) is 0.500. The van der Waals surface area contributed by atoms with Crippen LogP contribution in [-0.2, 0) is 11.2 Å². The number of Topliss-reactive ketones (excluding diaryl/α,β-unsaturated/α-hetero) is 1. The minimum atomic E-state index is -0.502. The van der Waals surface area contributed by atoms with Gasteiger partial charge in [0.2, 0.25) is 0 Å². The molecule has 1 aromatic rings. The zero-order valence-electron chi connectivity index (χ0n) is 12.5. The summed E-state index contributed by atoms with van der Waals surface area (Å²) in [6.07, 6.45) is 0.930. The Hall–Kier alpha value is -1.84. The Balaban J connectivity index is 2.21. The van der Waals surface area contributed by atoms with Crippen LogP contribution in [0.3, 0.4) is 0 Å². The summed E-state index contributed by atoms with van der Waals surface area (Å²) in [5, 5.41) is 0. The van der Waals surface area contributed by atoms with E-state index < -0.39 is 5.60 Å². The number of fused-ring (bicyclic) bond motifs is 1. The third-order valence-corrected chi connectivity index (χ3v) is 3.23. The van der Waals surface area contributed by atoms with Crippen LogP contribution in [0.1, 0.15) is 50.0 Å². The number of carbonyl (C=O) groups is 2. The van der Waals surface area contributed by atoms with Crippen LogP contribution in [0.4, 0.5) is 10.5 Å². The highest BCUT2D eigenvalue weighted by atomic mass is 16.6. The van der Waals surface area contributed by atoms with E-state index in [2.05, 4.69) is 0 Å². The molecule has 4 nitrogen and oxygen atoms in total. The van der Waals surface area contributed by atoms with Crippen LogP contribution >= 0.6 is 0 Å². The first-order valence-corrected chi connectivity index (χ1v) is 6.98. The third-order valence-electron chi connectivity index (χ3n) is 3.23. The molecule has 20 heavy (non-hydrogen) atoms. The molecular weight excluding hydrogens is 254 g/mol. The minimum Gasteiger partial charge on any atom is -0.443 e. The molecule has 2 rings (SSSR count). The largest absolute Gasteiger partial charge is 0.443 e. The van der Waals surface area contributed by atoms with E-state index in [4.69, 9.17) is 4.74 Å². The zero-order valence-corrected chi connectivity index (χ0v) is 12.5. The number of hydrogen-bond acceptors (Lipinski definition) is 3. The lowest BCUT2D eigenvalue weighted by molar-refractivity contribution is 0.0584. The van der Waals surface area contributed by atoms with Crippen LogP contribution < -0.4 is 4.90 Å². The molecule has 0 saturated carbocycles. The van der Waals surface area contributed by atoms with E-state index in [0.29, 0.717) is 13.0 Å². The fourth-order valence-corrected chi connectivity index (χ4v) is 2.29. The van der Waals surface area contributed by atoms with Gasteiger partial charge in [0, 0.05) is 18.5 Å². The highest BCUT2D eigenvalue weighted by molar-refractivity contribution is 5.98. The second-order valence-electron chi connectivity index (χ2n) is 6.00. The van der Waals surface area contributed by atoms with Gasteiger partial charge in [-0.3, -0.25) is 9.69 Å². The molecule has 1 aliphatic heterocycles. The summed E-state index contributed by atoms with van der Waals surface area (Å²) in [5.74, 6) is 0.128. The average molecular weight is 275 g/mol. The van der Waals surface area contributed by atoms with Gasteiger partial charge in [-0.1, -0.05) is 6.92 Å². The van der Waals surface area contributed by atoms with Crippen LogP contribution in [0.25, 0.3) is 0 Å². The number of rotatable bonds is 2. The number of ether oxygens (including phenoxy) is 1. The number of nitrogens with zero attached hydrogens (tertiary/aromatic N) is 1. The van der Waals surface area contributed by atoms with Crippen molar-refractivity contribution in [1.82, 2.24) is 0 Å². The Labute approximate surface area is 119 Å². The Morgan fingerprint density at radius 3 is 2.60 bits per heavy atom. The zero-order chi connectivity index (χ0) is 14.9. The number of anilines is 1.